The highest BCUT2D eigenvalue weighted by Crippen LogP contribution is 2.25. The Kier molecular flexibility index (Phi) is 3.71. The SMILES string of the molecule is COc1cccc(Nc2c(C(N)=S)c(C)nn2C)c1. The molecule has 0 fully saturated rings. The zero-order valence-corrected chi connectivity index (χ0v) is 11.9. The van der Waals surface area contributed by atoms with E-state index in [0.29, 0.717) is 4.99 Å². The summed E-state index contributed by atoms with van der Waals surface area (Å²) in [5.74, 6) is 1.55. The molecule has 0 aliphatic carbocycles. The van der Waals surface area contributed by atoms with Crippen molar-refractivity contribution in [2.45, 2.75) is 6.92 Å². The van der Waals surface area contributed by atoms with E-state index in [2.05, 4.69) is 10.4 Å². The van der Waals surface area contributed by atoms with Gasteiger partial charge in [-0.05, 0) is 19.1 Å². The van der Waals surface area contributed by atoms with Crippen molar-refractivity contribution in [2.24, 2.45) is 12.8 Å². The predicted molar refractivity (Wildman–Crippen MR) is 80.1 cm³/mol. The highest BCUT2D eigenvalue weighted by atomic mass is 32.1. The minimum absolute atomic E-state index is 0.330. The Bertz CT molecular complexity index is 621. The fourth-order valence-electron chi connectivity index (χ4n) is 1.93. The molecule has 0 saturated carbocycles. The number of methoxy groups -OCH3 is 1. The van der Waals surface area contributed by atoms with Gasteiger partial charge in [0.25, 0.3) is 0 Å². The molecule has 0 aliphatic heterocycles. The number of hydrogen-bond acceptors (Lipinski definition) is 4. The lowest BCUT2D eigenvalue weighted by Crippen LogP contribution is -2.12. The van der Waals surface area contributed by atoms with Crippen molar-refractivity contribution in [3.05, 3.63) is 35.5 Å². The van der Waals surface area contributed by atoms with E-state index in [1.807, 2.05) is 38.2 Å². The largest absolute Gasteiger partial charge is 0.497 e. The minimum atomic E-state index is 0.330. The van der Waals surface area contributed by atoms with Crippen LogP contribution in [0.5, 0.6) is 5.75 Å². The molecule has 0 atom stereocenters. The number of aromatic nitrogens is 2. The van der Waals surface area contributed by atoms with Gasteiger partial charge < -0.3 is 15.8 Å². The van der Waals surface area contributed by atoms with Crippen LogP contribution >= 0.6 is 12.2 Å². The lowest BCUT2D eigenvalue weighted by Gasteiger charge is -2.10. The molecule has 2 aromatic rings. The summed E-state index contributed by atoms with van der Waals surface area (Å²) >= 11 is 5.07. The third kappa shape index (κ3) is 2.68. The molecule has 0 aliphatic rings. The van der Waals surface area contributed by atoms with Crippen LogP contribution in [0.2, 0.25) is 0 Å². The van der Waals surface area contributed by atoms with E-state index in [4.69, 9.17) is 22.7 Å². The van der Waals surface area contributed by atoms with Gasteiger partial charge in [-0.2, -0.15) is 5.10 Å². The molecule has 6 heteroatoms. The third-order valence-corrected chi connectivity index (χ3v) is 3.01. The van der Waals surface area contributed by atoms with Crippen LogP contribution < -0.4 is 15.8 Å². The van der Waals surface area contributed by atoms with Crippen LogP contribution in [0.1, 0.15) is 11.3 Å². The summed E-state index contributed by atoms with van der Waals surface area (Å²) in [4.78, 5) is 0.330. The molecule has 100 valence electrons. The van der Waals surface area contributed by atoms with Crippen molar-refractivity contribution in [3.8, 4) is 5.75 Å². The second-order valence-electron chi connectivity index (χ2n) is 4.15. The predicted octanol–water partition coefficient (Wildman–Crippen LogP) is 2.11. The molecule has 0 unspecified atom stereocenters. The lowest BCUT2D eigenvalue weighted by molar-refractivity contribution is 0.415. The first-order valence-corrected chi connectivity index (χ1v) is 6.18. The Morgan fingerprint density at radius 3 is 2.84 bits per heavy atom. The molecule has 0 bridgehead atoms. The summed E-state index contributed by atoms with van der Waals surface area (Å²) in [6.07, 6.45) is 0. The summed E-state index contributed by atoms with van der Waals surface area (Å²) in [6, 6.07) is 7.62. The molecule has 3 N–H and O–H groups in total. The van der Waals surface area contributed by atoms with Gasteiger partial charge >= 0.3 is 0 Å². The first-order chi connectivity index (χ1) is 9.02. The van der Waals surface area contributed by atoms with E-state index < -0.39 is 0 Å². The summed E-state index contributed by atoms with van der Waals surface area (Å²) in [7, 11) is 3.48. The molecule has 19 heavy (non-hydrogen) atoms. The number of nitrogens with one attached hydrogen (secondary N) is 1. The molecular formula is C13H16N4OS. The summed E-state index contributed by atoms with van der Waals surface area (Å²) < 4.78 is 6.92. The summed E-state index contributed by atoms with van der Waals surface area (Å²) in [5.41, 5.74) is 8.21. The Labute approximate surface area is 117 Å². The maximum absolute atomic E-state index is 5.75. The molecule has 0 radical (unpaired) electrons. The van der Waals surface area contributed by atoms with Crippen molar-refractivity contribution in [3.63, 3.8) is 0 Å². The molecular weight excluding hydrogens is 260 g/mol. The van der Waals surface area contributed by atoms with Crippen LogP contribution in [0, 0.1) is 6.92 Å². The van der Waals surface area contributed by atoms with Crippen molar-refractivity contribution in [1.82, 2.24) is 9.78 Å². The Hall–Kier alpha value is -2.08. The fraction of sp³-hybridized carbons (Fsp3) is 0.231. The quantitative estimate of drug-likeness (QED) is 0.837. The van der Waals surface area contributed by atoms with Gasteiger partial charge in [-0.3, -0.25) is 4.68 Å². The average molecular weight is 276 g/mol. The molecule has 0 amide bonds. The number of ether oxygens (including phenoxy) is 1. The maximum Gasteiger partial charge on any atom is 0.138 e. The van der Waals surface area contributed by atoms with E-state index in [9.17, 15) is 0 Å². The molecule has 0 saturated heterocycles. The monoisotopic (exact) mass is 276 g/mol. The number of thiocarbonyl (C=S) groups is 1. The smallest absolute Gasteiger partial charge is 0.138 e. The summed E-state index contributed by atoms with van der Waals surface area (Å²) in [5, 5.41) is 7.60. The number of rotatable bonds is 4. The van der Waals surface area contributed by atoms with Crippen molar-refractivity contribution in [2.75, 3.05) is 12.4 Å². The van der Waals surface area contributed by atoms with E-state index >= 15 is 0 Å². The number of benzene rings is 1. The van der Waals surface area contributed by atoms with Gasteiger partial charge in [-0.15, -0.1) is 0 Å². The Morgan fingerprint density at radius 1 is 1.47 bits per heavy atom. The minimum Gasteiger partial charge on any atom is -0.497 e. The molecule has 0 spiro atoms. The lowest BCUT2D eigenvalue weighted by atomic mass is 10.2. The maximum atomic E-state index is 5.75. The van der Waals surface area contributed by atoms with Crippen LogP contribution in [0.25, 0.3) is 0 Å². The zero-order valence-electron chi connectivity index (χ0n) is 11.1. The van der Waals surface area contributed by atoms with Gasteiger partial charge in [0.2, 0.25) is 0 Å². The van der Waals surface area contributed by atoms with Gasteiger partial charge in [-0.1, -0.05) is 18.3 Å². The third-order valence-electron chi connectivity index (χ3n) is 2.80. The van der Waals surface area contributed by atoms with Crippen LogP contribution in [0.3, 0.4) is 0 Å². The van der Waals surface area contributed by atoms with Crippen LogP contribution in [0.4, 0.5) is 11.5 Å². The fourth-order valence-corrected chi connectivity index (χ4v) is 2.18. The number of nitrogens with two attached hydrogens (primary N) is 1. The highest BCUT2D eigenvalue weighted by Gasteiger charge is 2.15. The Morgan fingerprint density at radius 2 is 2.21 bits per heavy atom. The van der Waals surface area contributed by atoms with Crippen molar-refractivity contribution >= 4 is 28.7 Å². The van der Waals surface area contributed by atoms with Crippen molar-refractivity contribution in [1.29, 1.82) is 0 Å². The second-order valence-corrected chi connectivity index (χ2v) is 4.59. The Balaban J connectivity index is 2.40. The van der Waals surface area contributed by atoms with Crippen molar-refractivity contribution < 1.29 is 4.74 Å². The highest BCUT2D eigenvalue weighted by molar-refractivity contribution is 7.80. The van der Waals surface area contributed by atoms with Crippen LogP contribution in [-0.2, 0) is 7.05 Å². The number of nitrogens with zero attached hydrogens (tertiary/aromatic N) is 2. The number of anilines is 2. The van der Waals surface area contributed by atoms with Gasteiger partial charge in [0.15, 0.2) is 0 Å². The molecule has 2 rings (SSSR count). The molecule has 1 aromatic carbocycles. The first kappa shape index (κ1) is 13.4. The molecule has 1 heterocycles. The number of hydrogen-bond donors (Lipinski definition) is 2. The van der Waals surface area contributed by atoms with Crippen LogP contribution in [0.15, 0.2) is 24.3 Å². The first-order valence-electron chi connectivity index (χ1n) is 5.77. The average Bonchev–Trinajstić information content (AvgIpc) is 2.64. The molecule has 1 aromatic heterocycles. The van der Waals surface area contributed by atoms with Gasteiger partial charge in [0.1, 0.15) is 16.6 Å². The second kappa shape index (κ2) is 5.27. The van der Waals surface area contributed by atoms with E-state index in [0.717, 1.165) is 28.5 Å². The number of aryl methyl sites for hydroxylation is 2. The molecule has 5 nitrogen and oxygen atoms in total. The van der Waals surface area contributed by atoms with Gasteiger partial charge in [-0.25, -0.2) is 0 Å². The van der Waals surface area contributed by atoms with E-state index in [1.165, 1.54) is 0 Å². The van der Waals surface area contributed by atoms with Crippen LogP contribution in [-0.4, -0.2) is 21.9 Å². The summed E-state index contributed by atoms with van der Waals surface area (Å²) in [6.45, 7) is 1.88. The van der Waals surface area contributed by atoms with Gasteiger partial charge in [0.05, 0.1) is 18.4 Å². The zero-order chi connectivity index (χ0) is 14.0. The van der Waals surface area contributed by atoms with Gasteiger partial charge in [0, 0.05) is 18.8 Å². The topological polar surface area (TPSA) is 65.1 Å². The normalized spacial score (nSPS) is 10.3. The standard InChI is InChI=1S/C13H16N4OS/c1-8-11(12(14)19)13(17(2)16-8)15-9-5-4-6-10(7-9)18-3/h4-7,15H,1-3H3,(H2,14,19). The van der Waals surface area contributed by atoms with E-state index in [-0.39, 0.29) is 0 Å². The van der Waals surface area contributed by atoms with E-state index in [1.54, 1.807) is 11.8 Å².